The van der Waals surface area contributed by atoms with E-state index in [0.717, 1.165) is 5.01 Å². The van der Waals surface area contributed by atoms with E-state index in [4.69, 9.17) is 34.8 Å². The number of anilines is 1. The molecule has 2 amide bonds. The van der Waals surface area contributed by atoms with Gasteiger partial charge >= 0.3 is 0 Å². The van der Waals surface area contributed by atoms with Gasteiger partial charge in [-0.1, -0.05) is 41.4 Å². The zero-order valence-electron chi connectivity index (χ0n) is 11.8. The Morgan fingerprint density at radius 1 is 1.32 bits per heavy atom. The quantitative estimate of drug-likeness (QED) is 0.819. The number of amides is 2. The second-order valence-electron chi connectivity index (χ2n) is 4.81. The van der Waals surface area contributed by atoms with Gasteiger partial charge in [0.25, 0.3) is 11.8 Å². The van der Waals surface area contributed by atoms with Crippen molar-refractivity contribution in [2.24, 2.45) is 11.0 Å². The largest absolute Gasteiger partial charge is 0.308 e. The van der Waals surface area contributed by atoms with Crippen LogP contribution in [0.25, 0.3) is 0 Å². The highest BCUT2D eigenvalue weighted by Crippen LogP contribution is 2.38. The number of hydrazone groups is 1. The second kappa shape index (κ2) is 6.28. The molecular weight excluding hydrogens is 349 g/mol. The van der Waals surface area contributed by atoms with Gasteiger partial charge < -0.3 is 5.32 Å². The summed E-state index contributed by atoms with van der Waals surface area (Å²) in [6.07, 6.45) is 0. The molecule has 116 valence electrons. The zero-order chi connectivity index (χ0) is 16.6. The van der Waals surface area contributed by atoms with Crippen LogP contribution in [0, 0.1) is 5.92 Å². The first-order chi connectivity index (χ1) is 10.2. The Balaban J connectivity index is 2.40. The SMILES string of the molecule is C=C(C)C(=O)NC1=NN(c2c(Cl)cc(Cl)cc2Cl)C(=O)C1C. The highest BCUT2D eigenvalue weighted by Gasteiger charge is 2.36. The summed E-state index contributed by atoms with van der Waals surface area (Å²) in [4.78, 5) is 24.0. The minimum atomic E-state index is -0.633. The Morgan fingerprint density at radius 3 is 2.36 bits per heavy atom. The number of benzene rings is 1. The van der Waals surface area contributed by atoms with Crippen molar-refractivity contribution in [2.75, 3.05) is 5.01 Å². The van der Waals surface area contributed by atoms with Crippen LogP contribution in [0.5, 0.6) is 0 Å². The normalized spacial score (nSPS) is 17.5. The van der Waals surface area contributed by atoms with Crippen molar-refractivity contribution in [3.8, 4) is 0 Å². The summed E-state index contributed by atoms with van der Waals surface area (Å²) in [7, 11) is 0. The number of amidine groups is 1. The molecule has 22 heavy (non-hydrogen) atoms. The van der Waals surface area contributed by atoms with Crippen LogP contribution in [0.15, 0.2) is 29.4 Å². The lowest BCUT2D eigenvalue weighted by molar-refractivity contribution is -0.119. The summed E-state index contributed by atoms with van der Waals surface area (Å²) in [6.45, 7) is 6.71. The van der Waals surface area contributed by atoms with E-state index < -0.39 is 11.8 Å². The van der Waals surface area contributed by atoms with Gasteiger partial charge in [0.15, 0.2) is 0 Å². The molecule has 0 aromatic heterocycles. The van der Waals surface area contributed by atoms with E-state index in [-0.39, 0.29) is 27.5 Å². The molecular formula is C14H12Cl3N3O2. The van der Waals surface area contributed by atoms with Crippen LogP contribution in [-0.4, -0.2) is 17.6 Å². The van der Waals surface area contributed by atoms with E-state index in [0.29, 0.717) is 10.6 Å². The first-order valence-electron chi connectivity index (χ1n) is 6.26. The molecule has 1 unspecified atom stereocenters. The predicted octanol–water partition coefficient (Wildman–Crippen LogP) is 3.64. The minimum Gasteiger partial charge on any atom is -0.308 e. The molecule has 5 nitrogen and oxygen atoms in total. The molecule has 1 aliphatic rings. The molecule has 8 heteroatoms. The van der Waals surface area contributed by atoms with Gasteiger partial charge in [0, 0.05) is 10.6 Å². The Morgan fingerprint density at radius 2 is 1.86 bits per heavy atom. The van der Waals surface area contributed by atoms with Crippen molar-refractivity contribution in [3.63, 3.8) is 0 Å². The number of hydrogen-bond acceptors (Lipinski definition) is 3. The Hall–Kier alpha value is -1.56. The number of halogens is 3. The molecule has 1 atom stereocenters. The lowest BCUT2D eigenvalue weighted by Gasteiger charge is -2.16. The van der Waals surface area contributed by atoms with Crippen LogP contribution in [-0.2, 0) is 9.59 Å². The fraction of sp³-hybridized carbons (Fsp3) is 0.214. The van der Waals surface area contributed by atoms with Crippen molar-refractivity contribution >= 4 is 58.1 Å². The van der Waals surface area contributed by atoms with Crippen LogP contribution in [0.2, 0.25) is 15.1 Å². The van der Waals surface area contributed by atoms with E-state index in [2.05, 4.69) is 17.0 Å². The number of rotatable bonds is 2. The fourth-order valence-electron chi connectivity index (χ4n) is 1.80. The molecule has 0 radical (unpaired) electrons. The van der Waals surface area contributed by atoms with Gasteiger partial charge in [-0.2, -0.15) is 10.1 Å². The summed E-state index contributed by atoms with van der Waals surface area (Å²) in [5.41, 5.74) is 0.535. The van der Waals surface area contributed by atoms with E-state index in [9.17, 15) is 9.59 Å². The van der Waals surface area contributed by atoms with Crippen molar-refractivity contribution in [1.82, 2.24) is 5.32 Å². The van der Waals surface area contributed by atoms with Crippen molar-refractivity contribution in [2.45, 2.75) is 13.8 Å². The first kappa shape index (κ1) is 16.8. The monoisotopic (exact) mass is 359 g/mol. The second-order valence-corrected chi connectivity index (χ2v) is 6.06. The molecule has 0 spiro atoms. The van der Waals surface area contributed by atoms with E-state index in [1.54, 1.807) is 13.8 Å². The van der Waals surface area contributed by atoms with Crippen molar-refractivity contribution in [1.29, 1.82) is 0 Å². The number of nitrogens with one attached hydrogen (secondary N) is 1. The number of carbonyl (C=O) groups is 2. The number of nitrogens with zero attached hydrogens (tertiary/aromatic N) is 2. The van der Waals surface area contributed by atoms with Crippen molar-refractivity contribution < 1.29 is 9.59 Å². The van der Waals surface area contributed by atoms with E-state index >= 15 is 0 Å². The zero-order valence-corrected chi connectivity index (χ0v) is 14.1. The maximum absolute atomic E-state index is 12.3. The molecule has 1 heterocycles. The van der Waals surface area contributed by atoms with Gasteiger partial charge in [0.1, 0.15) is 11.5 Å². The van der Waals surface area contributed by atoms with Crippen molar-refractivity contribution in [3.05, 3.63) is 39.4 Å². The minimum absolute atomic E-state index is 0.189. The summed E-state index contributed by atoms with van der Waals surface area (Å²) in [5, 5.41) is 8.45. The first-order valence-corrected chi connectivity index (χ1v) is 7.39. The summed E-state index contributed by atoms with van der Waals surface area (Å²) >= 11 is 18.0. The molecule has 0 fully saturated rings. The Kier molecular flexibility index (Phi) is 4.80. The van der Waals surface area contributed by atoms with Crippen LogP contribution in [0.1, 0.15) is 13.8 Å². The standard InChI is InChI=1S/C14H12Cl3N3O2/c1-6(2)13(21)18-12-7(3)14(22)20(19-12)11-9(16)4-8(15)5-10(11)17/h4-5,7H,1H2,2-3H3,(H,18,19,21). The van der Waals surface area contributed by atoms with Crippen LogP contribution in [0.3, 0.4) is 0 Å². The summed E-state index contributed by atoms with van der Waals surface area (Å²) in [5.74, 6) is -1.19. The lowest BCUT2D eigenvalue weighted by Crippen LogP contribution is -2.35. The van der Waals surface area contributed by atoms with E-state index in [1.807, 2.05) is 0 Å². The van der Waals surface area contributed by atoms with E-state index in [1.165, 1.54) is 12.1 Å². The molecule has 2 rings (SSSR count). The molecule has 0 saturated carbocycles. The average Bonchev–Trinajstić information content (AvgIpc) is 2.66. The molecule has 0 aliphatic carbocycles. The van der Waals surface area contributed by atoms with Gasteiger partial charge in [0.05, 0.1) is 16.0 Å². The van der Waals surface area contributed by atoms with Crippen LogP contribution < -0.4 is 10.3 Å². The van der Waals surface area contributed by atoms with Crippen LogP contribution >= 0.6 is 34.8 Å². The topological polar surface area (TPSA) is 61.8 Å². The molecule has 1 N–H and O–H groups in total. The van der Waals surface area contributed by atoms with Gasteiger partial charge in [-0.3, -0.25) is 9.59 Å². The molecule has 0 saturated heterocycles. The molecule has 1 aromatic carbocycles. The fourth-order valence-corrected chi connectivity index (χ4v) is 2.77. The molecule has 0 bridgehead atoms. The maximum atomic E-state index is 12.3. The number of carbonyl (C=O) groups excluding carboxylic acids is 2. The third kappa shape index (κ3) is 3.11. The van der Waals surface area contributed by atoms with Gasteiger partial charge in [-0.25, -0.2) is 0 Å². The Bertz CT molecular complexity index is 692. The summed E-state index contributed by atoms with van der Waals surface area (Å²) < 4.78 is 0. The average molecular weight is 361 g/mol. The maximum Gasteiger partial charge on any atom is 0.258 e. The molecule has 1 aromatic rings. The predicted molar refractivity (Wildman–Crippen MR) is 88.5 cm³/mol. The number of hydrogen-bond donors (Lipinski definition) is 1. The highest BCUT2D eigenvalue weighted by molar-refractivity contribution is 6.42. The van der Waals surface area contributed by atoms with Gasteiger partial charge in [0.2, 0.25) is 0 Å². The third-order valence-electron chi connectivity index (χ3n) is 3.02. The Labute approximate surface area is 142 Å². The summed E-state index contributed by atoms with van der Waals surface area (Å²) in [6, 6.07) is 2.92. The van der Waals surface area contributed by atoms with Gasteiger partial charge in [-0.05, 0) is 26.0 Å². The lowest BCUT2D eigenvalue weighted by atomic mass is 10.1. The highest BCUT2D eigenvalue weighted by atomic mass is 35.5. The van der Waals surface area contributed by atoms with Gasteiger partial charge in [-0.15, -0.1) is 0 Å². The molecule has 1 aliphatic heterocycles. The van der Waals surface area contributed by atoms with Crippen LogP contribution in [0.4, 0.5) is 5.69 Å². The smallest absolute Gasteiger partial charge is 0.258 e. The third-order valence-corrected chi connectivity index (χ3v) is 3.81.